The lowest BCUT2D eigenvalue weighted by Crippen LogP contribution is -2.27. The minimum atomic E-state index is 0.392. The molecule has 13 heavy (non-hydrogen) atoms. The number of nitrogens with one attached hydrogen (secondary N) is 1. The molecule has 0 spiro atoms. The van der Waals surface area contributed by atoms with Gasteiger partial charge in [0.1, 0.15) is 0 Å². The van der Waals surface area contributed by atoms with Crippen LogP contribution in [0.15, 0.2) is 12.4 Å². The Kier molecular flexibility index (Phi) is 3.48. The predicted molar refractivity (Wildman–Crippen MR) is 54.5 cm³/mol. The molecule has 1 aromatic heterocycles. The Labute approximate surface area is 80.1 Å². The van der Waals surface area contributed by atoms with E-state index in [1.54, 1.807) is 0 Å². The van der Waals surface area contributed by atoms with E-state index >= 15 is 0 Å². The van der Waals surface area contributed by atoms with Crippen molar-refractivity contribution in [3.05, 3.63) is 18.0 Å². The lowest BCUT2D eigenvalue weighted by atomic mass is 10.1. The van der Waals surface area contributed by atoms with Gasteiger partial charge in [0.25, 0.3) is 0 Å². The van der Waals surface area contributed by atoms with E-state index in [0.29, 0.717) is 12.1 Å². The first-order valence-electron chi connectivity index (χ1n) is 4.88. The molecule has 0 aliphatic carbocycles. The minimum absolute atomic E-state index is 0.392. The van der Waals surface area contributed by atoms with Gasteiger partial charge in [-0.15, -0.1) is 0 Å². The zero-order valence-electron chi connectivity index (χ0n) is 8.91. The van der Waals surface area contributed by atoms with E-state index in [9.17, 15) is 0 Å². The zero-order chi connectivity index (χ0) is 9.84. The van der Waals surface area contributed by atoms with Gasteiger partial charge in [-0.25, -0.2) is 0 Å². The molecule has 0 aliphatic rings. The van der Waals surface area contributed by atoms with Crippen molar-refractivity contribution in [3.8, 4) is 0 Å². The van der Waals surface area contributed by atoms with Gasteiger partial charge in [-0.3, -0.25) is 4.68 Å². The van der Waals surface area contributed by atoms with Gasteiger partial charge in [0, 0.05) is 30.9 Å². The summed E-state index contributed by atoms with van der Waals surface area (Å²) < 4.78 is 1.84. The molecular weight excluding hydrogens is 162 g/mol. The highest BCUT2D eigenvalue weighted by atomic mass is 15.2. The minimum Gasteiger partial charge on any atom is -0.308 e. The lowest BCUT2D eigenvalue weighted by Gasteiger charge is -2.17. The lowest BCUT2D eigenvalue weighted by molar-refractivity contribution is 0.469. The quantitative estimate of drug-likeness (QED) is 0.768. The van der Waals surface area contributed by atoms with Crippen LogP contribution in [0.4, 0.5) is 0 Å². The van der Waals surface area contributed by atoms with Gasteiger partial charge in [-0.2, -0.15) is 5.10 Å². The standard InChI is InChI=1S/C10H19N3/c1-5-8(2)12-9(3)10-6-11-13(4)7-10/h6-9,12H,5H2,1-4H3/t8-,9-/m1/s1. The number of hydrogen-bond acceptors (Lipinski definition) is 2. The first-order valence-corrected chi connectivity index (χ1v) is 4.88. The normalized spacial score (nSPS) is 15.7. The number of nitrogens with zero attached hydrogens (tertiary/aromatic N) is 2. The Morgan fingerprint density at radius 1 is 1.54 bits per heavy atom. The third-order valence-electron chi connectivity index (χ3n) is 2.37. The summed E-state index contributed by atoms with van der Waals surface area (Å²) in [5.74, 6) is 0. The molecule has 0 saturated heterocycles. The Morgan fingerprint density at radius 3 is 2.69 bits per heavy atom. The summed E-state index contributed by atoms with van der Waals surface area (Å²) in [5, 5.41) is 7.65. The average Bonchev–Trinajstić information content (AvgIpc) is 2.51. The van der Waals surface area contributed by atoms with Crippen molar-refractivity contribution in [2.45, 2.75) is 39.3 Å². The van der Waals surface area contributed by atoms with Crippen LogP contribution >= 0.6 is 0 Å². The first-order chi connectivity index (χ1) is 6.13. The highest BCUT2D eigenvalue weighted by molar-refractivity contribution is 5.09. The van der Waals surface area contributed by atoms with Gasteiger partial charge in [0.05, 0.1) is 6.20 Å². The molecule has 3 heteroatoms. The van der Waals surface area contributed by atoms with Crippen molar-refractivity contribution in [1.82, 2.24) is 15.1 Å². The van der Waals surface area contributed by atoms with Gasteiger partial charge < -0.3 is 5.32 Å². The molecule has 1 N–H and O–H groups in total. The summed E-state index contributed by atoms with van der Waals surface area (Å²) >= 11 is 0. The molecule has 3 nitrogen and oxygen atoms in total. The van der Waals surface area contributed by atoms with Gasteiger partial charge in [0.2, 0.25) is 0 Å². The third kappa shape index (κ3) is 2.84. The molecule has 74 valence electrons. The molecule has 0 unspecified atom stereocenters. The summed E-state index contributed by atoms with van der Waals surface area (Å²) in [6.45, 7) is 6.56. The zero-order valence-corrected chi connectivity index (χ0v) is 8.91. The van der Waals surface area contributed by atoms with Gasteiger partial charge >= 0.3 is 0 Å². The van der Waals surface area contributed by atoms with E-state index in [1.807, 2.05) is 17.9 Å². The number of aryl methyl sites for hydroxylation is 1. The van der Waals surface area contributed by atoms with Crippen LogP contribution in [0.5, 0.6) is 0 Å². The van der Waals surface area contributed by atoms with Gasteiger partial charge in [0.15, 0.2) is 0 Å². The fraction of sp³-hybridized carbons (Fsp3) is 0.700. The van der Waals surface area contributed by atoms with Crippen molar-refractivity contribution >= 4 is 0 Å². The van der Waals surface area contributed by atoms with Crippen molar-refractivity contribution < 1.29 is 0 Å². The monoisotopic (exact) mass is 181 g/mol. The Hall–Kier alpha value is -0.830. The maximum atomic E-state index is 4.15. The SMILES string of the molecule is CC[C@@H](C)N[C@H](C)c1cnn(C)c1. The summed E-state index contributed by atoms with van der Waals surface area (Å²) in [7, 11) is 1.94. The molecule has 1 heterocycles. The van der Waals surface area contributed by atoms with Crippen molar-refractivity contribution in [3.63, 3.8) is 0 Å². The van der Waals surface area contributed by atoms with Gasteiger partial charge in [-0.05, 0) is 20.3 Å². The predicted octanol–water partition coefficient (Wildman–Crippen LogP) is 1.87. The molecule has 0 bridgehead atoms. The van der Waals surface area contributed by atoms with Crippen LogP contribution in [-0.4, -0.2) is 15.8 Å². The van der Waals surface area contributed by atoms with E-state index in [4.69, 9.17) is 0 Å². The van der Waals surface area contributed by atoms with Crippen LogP contribution < -0.4 is 5.32 Å². The summed E-state index contributed by atoms with van der Waals surface area (Å²) in [5.41, 5.74) is 1.25. The maximum absolute atomic E-state index is 4.15. The number of hydrogen-bond donors (Lipinski definition) is 1. The molecule has 2 atom stereocenters. The van der Waals surface area contributed by atoms with E-state index < -0.39 is 0 Å². The average molecular weight is 181 g/mol. The number of aromatic nitrogens is 2. The molecule has 1 rings (SSSR count). The highest BCUT2D eigenvalue weighted by Crippen LogP contribution is 2.11. The van der Waals surface area contributed by atoms with Crippen LogP contribution in [-0.2, 0) is 7.05 Å². The molecule has 0 aliphatic heterocycles. The molecule has 1 aromatic rings. The summed E-state index contributed by atoms with van der Waals surface area (Å²) in [6.07, 6.45) is 5.13. The van der Waals surface area contributed by atoms with E-state index in [0.717, 1.165) is 6.42 Å². The van der Waals surface area contributed by atoms with Crippen LogP contribution in [0.3, 0.4) is 0 Å². The van der Waals surface area contributed by atoms with Crippen molar-refractivity contribution in [2.24, 2.45) is 7.05 Å². The summed E-state index contributed by atoms with van der Waals surface area (Å²) in [6, 6.07) is 0.957. The van der Waals surface area contributed by atoms with Crippen LogP contribution in [0.1, 0.15) is 38.8 Å². The first kappa shape index (κ1) is 10.3. The fourth-order valence-electron chi connectivity index (χ4n) is 1.30. The third-order valence-corrected chi connectivity index (χ3v) is 2.37. The van der Waals surface area contributed by atoms with E-state index in [-0.39, 0.29) is 0 Å². The largest absolute Gasteiger partial charge is 0.308 e. The van der Waals surface area contributed by atoms with E-state index in [1.165, 1.54) is 5.56 Å². The topological polar surface area (TPSA) is 29.9 Å². The van der Waals surface area contributed by atoms with Crippen LogP contribution in [0.25, 0.3) is 0 Å². The Balaban J connectivity index is 2.53. The summed E-state index contributed by atoms with van der Waals surface area (Å²) in [4.78, 5) is 0. The number of rotatable bonds is 4. The van der Waals surface area contributed by atoms with Crippen LogP contribution in [0, 0.1) is 0 Å². The fourth-order valence-corrected chi connectivity index (χ4v) is 1.30. The second kappa shape index (κ2) is 4.42. The van der Waals surface area contributed by atoms with Crippen molar-refractivity contribution in [1.29, 1.82) is 0 Å². The molecule has 0 aromatic carbocycles. The van der Waals surface area contributed by atoms with E-state index in [2.05, 4.69) is 37.4 Å². The highest BCUT2D eigenvalue weighted by Gasteiger charge is 2.08. The molecule has 0 fully saturated rings. The molecule has 0 radical (unpaired) electrons. The Morgan fingerprint density at radius 2 is 2.23 bits per heavy atom. The van der Waals surface area contributed by atoms with Crippen LogP contribution in [0.2, 0.25) is 0 Å². The molecule has 0 saturated carbocycles. The van der Waals surface area contributed by atoms with Crippen molar-refractivity contribution in [2.75, 3.05) is 0 Å². The second-order valence-corrected chi connectivity index (χ2v) is 3.64. The second-order valence-electron chi connectivity index (χ2n) is 3.64. The smallest absolute Gasteiger partial charge is 0.0537 e. The molecular formula is C10H19N3. The Bertz CT molecular complexity index is 254. The van der Waals surface area contributed by atoms with Gasteiger partial charge in [-0.1, -0.05) is 6.92 Å². The molecule has 0 amide bonds. The maximum Gasteiger partial charge on any atom is 0.0537 e.